The van der Waals surface area contributed by atoms with Crippen molar-refractivity contribution in [2.45, 2.75) is 0 Å². The van der Waals surface area contributed by atoms with Crippen LogP contribution in [0.4, 0.5) is 0 Å². The lowest BCUT2D eigenvalue weighted by Crippen LogP contribution is -1.79. The fourth-order valence-electron chi connectivity index (χ4n) is 1.54. The number of benzene rings is 1. The van der Waals surface area contributed by atoms with E-state index < -0.39 is 0 Å². The lowest BCUT2D eigenvalue weighted by atomic mass is 10.3. The Balaban J connectivity index is 2.21. The van der Waals surface area contributed by atoms with Crippen LogP contribution in [0.2, 0.25) is 0 Å². The van der Waals surface area contributed by atoms with E-state index in [2.05, 4.69) is 21.0 Å². The van der Waals surface area contributed by atoms with Gasteiger partial charge in [-0.25, -0.2) is 4.98 Å². The quantitative estimate of drug-likeness (QED) is 0.646. The molecule has 0 unspecified atom stereocenters. The lowest BCUT2D eigenvalue weighted by molar-refractivity contribution is 1.28. The fourth-order valence-corrected chi connectivity index (χ4v) is 1.54. The van der Waals surface area contributed by atoms with Gasteiger partial charge in [-0.3, -0.25) is 4.98 Å². The van der Waals surface area contributed by atoms with Crippen molar-refractivity contribution in [2.24, 2.45) is 0 Å². The van der Waals surface area contributed by atoms with Gasteiger partial charge in [-0.2, -0.15) is 0 Å². The molecule has 3 aromatic rings. The zero-order valence-corrected chi connectivity index (χ0v) is 7.94. The molecular formula is C12H8N3. The molecule has 1 N–H and O–H groups in total. The Morgan fingerprint density at radius 2 is 2.00 bits per heavy atom. The number of aromatic amines is 1. The summed E-state index contributed by atoms with van der Waals surface area (Å²) < 4.78 is 0. The first-order valence-corrected chi connectivity index (χ1v) is 4.70. The fraction of sp³-hybridized carbons (Fsp3) is 0. The normalized spacial score (nSPS) is 10.7. The minimum Gasteiger partial charge on any atom is -0.338 e. The van der Waals surface area contributed by atoms with Gasteiger partial charge < -0.3 is 4.98 Å². The average Bonchev–Trinajstić information content (AvgIpc) is 2.74. The molecule has 15 heavy (non-hydrogen) atoms. The molecule has 3 nitrogen and oxygen atoms in total. The van der Waals surface area contributed by atoms with Crippen LogP contribution in [0.15, 0.2) is 42.7 Å². The van der Waals surface area contributed by atoms with Crippen molar-refractivity contribution in [2.75, 3.05) is 0 Å². The number of aromatic nitrogens is 3. The number of hydrogen-bond donors (Lipinski definition) is 1. The van der Waals surface area contributed by atoms with E-state index in [0.717, 1.165) is 22.4 Å². The van der Waals surface area contributed by atoms with Crippen LogP contribution < -0.4 is 0 Å². The topological polar surface area (TPSA) is 41.6 Å². The molecule has 3 heteroatoms. The van der Waals surface area contributed by atoms with Crippen molar-refractivity contribution in [1.82, 2.24) is 15.0 Å². The number of pyridine rings is 1. The maximum Gasteiger partial charge on any atom is 0.138 e. The van der Waals surface area contributed by atoms with E-state index in [1.807, 2.05) is 30.3 Å². The van der Waals surface area contributed by atoms with Crippen LogP contribution in [0, 0.1) is 6.07 Å². The van der Waals surface area contributed by atoms with E-state index in [9.17, 15) is 0 Å². The molecule has 1 aromatic carbocycles. The Labute approximate surface area is 86.8 Å². The maximum absolute atomic E-state index is 4.48. The van der Waals surface area contributed by atoms with E-state index in [-0.39, 0.29) is 0 Å². The highest BCUT2D eigenvalue weighted by atomic mass is 14.9. The molecule has 0 aliphatic rings. The molecule has 0 atom stereocenters. The summed E-state index contributed by atoms with van der Waals surface area (Å²) in [5.74, 6) is 0.868. The first-order chi connectivity index (χ1) is 7.43. The van der Waals surface area contributed by atoms with Crippen LogP contribution in [0.3, 0.4) is 0 Å². The molecule has 3 rings (SSSR count). The van der Waals surface area contributed by atoms with Gasteiger partial charge in [0.2, 0.25) is 0 Å². The number of H-pyrrole nitrogens is 1. The molecule has 1 radical (unpaired) electrons. The number of rotatable bonds is 1. The highest BCUT2D eigenvalue weighted by Crippen LogP contribution is 2.18. The Morgan fingerprint density at radius 3 is 2.80 bits per heavy atom. The van der Waals surface area contributed by atoms with Gasteiger partial charge in [0.25, 0.3) is 0 Å². The van der Waals surface area contributed by atoms with Gasteiger partial charge in [-0.15, -0.1) is 0 Å². The monoisotopic (exact) mass is 194 g/mol. The van der Waals surface area contributed by atoms with Gasteiger partial charge >= 0.3 is 0 Å². The summed E-state index contributed by atoms with van der Waals surface area (Å²) in [5, 5.41) is 0. The molecule has 0 aliphatic heterocycles. The van der Waals surface area contributed by atoms with E-state index in [0.29, 0.717) is 0 Å². The molecular weight excluding hydrogens is 186 g/mol. The number of imidazole rings is 1. The average molecular weight is 194 g/mol. The number of fused-ring (bicyclic) bond motifs is 1. The summed E-state index contributed by atoms with van der Waals surface area (Å²) >= 11 is 0. The lowest BCUT2D eigenvalue weighted by Gasteiger charge is -1.92. The molecule has 2 heterocycles. The molecule has 71 valence electrons. The van der Waals surface area contributed by atoms with E-state index in [1.54, 1.807) is 12.4 Å². The molecule has 0 fully saturated rings. The minimum atomic E-state index is 0.868. The zero-order chi connectivity index (χ0) is 10.1. The highest BCUT2D eigenvalue weighted by molar-refractivity contribution is 5.78. The Hall–Kier alpha value is -2.16. The summed E-state index contributed by atoms with van der Waals surface area (Å²) in [6, 6.07) is 12.6. The second-order valence-electron chi connectivity index (χ2n) is 3.26. The Morgan fingerprint density at radius 1 is 1.13 bits per heavy atom. The molecule has 0 bridgehead atoms. The predicted octanol–water partition coefficient (Wildman–Crippen LogP) is 2.43. The van der Waals surface area contributed by atoms with Crippen molar-refractivity contribution >= 4 is 11.0 Å². The van der Waals surface area contributed by atoms with Gasteiger partial charge in [0.05, 0.1) is 11.0 Å². The van der Waals surface area contributed by atoms with E-state index in [4.69, 9.17) is 0 Å². The van der Waals surface area contributed by atoms with Gasteiger partial charge in [-0.1, -0.05) is 6.07 Å². The summed E-state index contributed by atoms with van der Waals surface area (Å²) in [7, 11) is 0. The highest BCUT2D eigenvalue weighted by Gasteiger charge is 2.03. The van der Waals surface area contributed by atoms with Crippen molar-refractivity contribution in [3.05, 3.63) is 48.8 Å². The molecule has 0 saturated carbocycles. The Kier molecular flexibility index (Phi) is 1.75. The molecule has 2 aromatic heterocycles. The third-order valence-corrected chi connectivity index (χ3v) is 2.28. The van der Waals surface area contributed by atoms with Gasteiger partial charge in [0.15, 0.2) is 0 Å². The summed E-state index contributed by atoms with van der Waals surface area (Å²) in [6.07, 6.45) is 3.52. The van der Waals surface area contributed by atoms with Crippen LogP contribution in [0.5, 0.6) is 0 Å². The van der Waals surface area contributed by atoms with Crippen molar-refractivity contribution < 1.29 is 0 Å². The summed E-state index contributed by atoms with van der Waals surface area (Å²) in [5.41, 5.74) is 3.01. The van der Waals surface area contributed by atoms with Crippen LogP contribution >= 0.6 is 0 Å². The summed E-state index contributed by atoms with van der Waals surface area (Å²) in [4.78, 5) is 11.7. The van der Waals surface area contributed by atoms with Crippen LogP contribution in [-0.2, 0) is 0 Å². The SMILES string of the molecule is [c]1ccc2nc(-c3ccncc3)[nH]c2c1. The maximum atomic E-state index is 4.48. The summed E-state index contributed by atoms with van der Waals surface area (Å²) in [6.45, 7) is 0. The third-order valence-electron chi connectivity index (χ3n) is 2.28. The third kappa shape index (κ3) is 1.38. The standard InChI is InChI=1S/C12H8N3/c1-2-4-11-10(3-1)14-12(15-11)9-5-7-13-8-6-9/h1,3-8H,(H,14,15). The van der Waals surface area contributed by atoms with Gasteiger partial charge in [0, 0.05) is 18.0 Å². The van der Waals surface area contributed by atoms with Crippen molar-refractivity contribution in [1.29, 1.82) is 0 Å². The second-order valence-corrected chi connectivity index (χ2v) is 3.26. The van der Waals surface area contributed by atoms with E-state index in [1.165, 1.54) is 0 Å². The number of nitrogens with one attached hydrogen (secondary N) is 1. The molecule has 0 amide bonds. The van der Waals surface area contributed by atoms with Crippen LogP contribution in [0.25, 0.3) is 22.4 Å². The number of hydrogen-bond acceptors (Lipinski definition) is 2. The largest absolute Gasteiger partial charge is 0.338 e. The van der Waals surface area contributed by atoms with Crippen molar-refractivity contribution in [3.63, 3.8) is 0 Å². The zero-order valence-electron chi connectivity index (χ0n) is 7.94. The Bertz CT molecular complexity index is 551. The predicted molar refractivity (Wildman–Crippen MR) is 58.2 cm³/mol. The smallest absolute Gasteiger partial charge is 0.138 e. The molecule has 0 aliphatic carbocycles. The molecule has 0 saturated heterocycles. The minimum absolute atomic E-state index is 0.868. The first-order valence-electron chi connectivity index (χ1n) is 4.70. The van der Waals surface area contributed by atoms with Crippen LogP contribution in [0.1, 0.15) is 0 Å². The van der Waals surface area contributed by atoms with E-state index >= 15 is 0 Å². The van der Waals surface area contributed by atoms with Crippen molar-refractivity contribution in [3.8, 4) is 11.4 Å². The van der Waals surface area contributed by atoms with Gasteiger partial charge in [-0.05, 0) is 30.3 Å². The second kappa shape index (κ2) is 3.20. The van der Waals surface area contributed by atoms with Gasteiger partial charge in [0.1, 0.15) is 5.82 Å². The molecule has 0 spiro atoms. The first kappa shape index (κ1) is 8.17. The van der Waals surface area contributed by atoms with Crippen LogP contribution in [-0.4, -0.2) is 15.0 Å². The number of nitrogens with zero attached hydrogens (tertiary/aromatic N) is 2.